The number of rotatable bonds is 4. The average Bonchev–Trinajstić information content (AvgIpc) is 3.40. The molecule has 2 aromatic carbocycles. The molecule has 0 saturated carbocycles. The zero-order valence-corrected chi connectivity index (χ0v) is 17.2. The highest BCUT2D eigenvalue weighted by Gasteiger charge is 2.42. The van der Waals surface area contributed by atoms with Gasteiger partial charge in [0.2, 0.25) is 0 Å². The summed E-state index contributed by atoms with van der Waals surface area (Å²) in [4.78, 5) is 6.35. The van der Waals surface area contributed by atoms with Crippen LogP contribution in [-0.2, 0) is 0 Å². The summed E-state index contributed by atoms with van der Waals surface area (Å²) in [7, 11) is 0. The molecule has 0 amide bonds. The molecule has 0 spiro atoms. The fourth-order valence-corrected chi connectivity index (χ4v) is 4.38. The summed E-state index contributed by atoms with van der Waals surface area (Å²) in [6.45, 7) is 0. The lowest BCUT2D eigenvalue weighted by Crippen LogP contribution is -2.31. The van der Waals surface area contributed by atoms with Crippen LogP contribution in [0.3, 0.4) is 0 Å². The van der Waals surface area contributed by atoms with Crippen LogP contribution in [0.5, 0.6) is 5.75 Å². The summed E-state index contributed by atoms with van der Waals surface area (Å²) in [5, 5.41) is 13.5. The number of nitrogens with zero attached hydrogens (tertiary/aromatic N) is 3. The van der Waals surface area contributed by atoms with Gasteiger partial charge in [-0.15, -0.1) is 0 Å². The number of aromatic nitrogens is 2. The first-order valence-corrected chi connectivity index (χ1v) is 10.3. The van der Waals surface area contributed by atoms with Crippen molar-refractivity contribution in [2.75, 3.05) is 4.90 Å². The second-order valence-corrected chi connectivity index (χ2v) is 7.65. The van der Waals surface area contributed by atoms with Crippen LogP contribution in [-0.4, -0.2) is 19.8 Å². The van der Waals surface area contributed by atoms with Crippen LogP contribution >= 0.6 is 12.2 Å². The van der Waals surface area contributed by atoms with Crippen LogP contribution in [0.4, 0.5) is 10.1 Å². The van der Waals surface area contributed by atoms with Gasteiger partial charge >= 0.3 is 0 Å². The molecule has 4 aromatic rings. The van der Waals surface area contributed by atoms with Crippen LogP contribution < -0.4 is 10.2 Å². The first-order chi connectivity index (χ1) is 15.1. The number of nitrogens with one attached hydrogen (secondary N) is 1. The third kappa shape index (κ3) is 3.43. The molecular formula is C24H19FN4OS. The number of hydrogen-bond donors (Lipinski definition) is 2. The summed E-state index contributed by atoms with van der Waals surface area (Å²) in [5.74, 6) is -0.151. The van der Waals surface area contributed by atoms with Crippen molar-refractivity contribution in [3.8, 4) is 11.4 Å². The Labute approximate surface area is 184 Å². The van der Waals surface area contributed by atoms with E-state index in [1.54, 1.807) is 36.5 Å². The number of anilines is 1. The lowest BCUT2D eigenvalue weighted by molar-refractivity contribution is 0.475. The van der Waals surface area contributed by atoms with Crippen molar-refractivity contribution in [2.45, 2.75) is 12.1 Å². The molecule has 3 heterocycles. The van der Waals surface area contributed by atoms with Gasteiger partial charge in [0.1, 0.15) is 17.6 Å². The lowest BCUT2D eigenvalue weighted by atomic mass is 10.0. The average molecular weight is 431 g/mol. The van der Waals surface area contributed by atoms with Gasteiger partial charge in [0, 0.05) is 23.8 Å². The second-order valence-electron chi connectivity index (χ2n) is 7.27. The third-order valence-corrected chi connectivity index (χ3v) is 5.74. The molecule has 31 heavy (non-hydrogen) atoms. The van der Waals surface area contributed by atoms with Gasteiger partial charge in [-0.25, -0.2) is 4.39 Å². The standard InChI is InChI=1S/C24H19FN4OS/c25-18-6-1-2-8-20(18)29-23(22(27-24(29)31)19-7-3-4-14-26-19)21-9-5-15-28(21)16-10-12-17(30)13-11-16/h1-15,22-23,30H,(H,27,31). The largest absolute Gasteiger partial charge is 0.508 e. The minimum Gasteiger partial charge on any atom is -0.508 e. The fourth-order valence-electron chi connectivity index (χ4n) is 4.05. The number of aromatic hydroxyl groups is 1. The summed E-state index contributed by atoms with van der Waals surface area (Å²) in [6.07, 6.45) is 3.68. The van der Waals surface area contributed by atoms with Crippen molar-refractivity contribution in [2.24, 2.45) is 0 Å². The Balaban J connectivity index is 1.68. The smallest absolute Gasteiger partial charge is 0.174 e. The topological polar surface area (TPSA) is 53.3 Å². The number of pyridine rings is 1. The van der Waals surface area contributed by atoms with Gasteiger partial charge in [-0.3, -0.25) is 4.98 Å². The van der Waals surface area contributed by atoms with Crippen molar-refractivity contribution >= 4 is 23.0 Å². The Hall–Kier alpha value is -3.71. The number of para-hydroxylation sites is 1. The zero-order chi connectivity index (χ0) is 21.4. The highest BCUT2D eigenvalue weighted by atomic mass is 32.1. The lowest BCUT2D eigenvalue weighted by Gasteiger charge is -2.29. The maximum absolute atomic E-state index is 14.8. The summed E-state index contributed by atoms with van der Waals surface area (Å²) < 4.78 is 16.9. The Morgan fingerprint density at radius 3 is 2.45 bits per heavy atom. The number of hydrogen-bond acceptors (Lipinski definition) is 3. The van der Waals surface area contributed by atoms with E-state index in [9.17, 15) is 9.50 Å². The molecule has 2 unspecified atom stereocenters. The van der Waals surface area contributed by atoms with E-state index in [-0.39, 0.29) is 23.7 Å². The van der Waals surface area contributed by atoms with Crippen molar-refractivity contribution in [1.29, 1.82) is 0 Å². The molecule has 5 rings (SSSR count). The first-order valence-electron chi connectivity index (χ1n) is 9.85. The van der Waals surface area contributed by atoms with E-state index in [0.717, 1.165) is 17.1 Å². The third-order valence-electron chi connectivity index (χ3n) is 5.42. The molecule has 2 N–H and O–H groups in total. The number of thiocarbonyl (C=S) groups is 1. The van der Waals surface area contributed by atoms with Crippen LogP contribution in [0.2, 0.25) is 0 Å². The van der Waals surface area contributed by atoms with E-state index in [4.69, 9.17) is 12.2 Å². The monoisotopic (exact) mass is 430 g/mol. The van der Waals surface area contributed by atoms with E-state index in [0.29, 0.717) is 10.8 Å². The zero-order valence-electron chi connectivity index (χ0n) is 16.4. The molecule has 7 heteroatoms. The van der Waals surface area contributed by atoms with Crippen molar-refractivity contribution in [3.63, 3.8) is 0 Å². The Morgan fingerprint density at radius 1 is 0.935 bits per heavy atom. The number of phenols is 1. The molecule has 1 aliphatic heterocycles. The summed E-state index contributed by atoms with van der Waals surface area (Å²) >= 11 is 5.67. The maximum atomic E-state index is 14.8. The molecule has 0 bridgehead atoms. The molecular weight excluding hydrogens is 411 g/mol. The minimum absolute atomic E-state index is 0.195. The van der Waals surface area contributed by atoms with Crippen molar-refractivity contribution in [1.82, 2.24) is 14.9 Å². The van der Waals surface area contributed by atoms with Gasteiger partial charge in [-0.1, -0.05) is 18.2 Å². The van der Waals surface area contributed by atoms with Crippen molar-refractivity contribution in [3.05, 3.63) is 108 Å². The normalized spacial score (nSPS) is 18.2. The Kier molecular flexibility index (Phi) is 4.88. The van der Waals surface area contributed by atoms with Gasteiger partial charge in [0.25, 0.3) is 0 Å². The van der Waals surface area contributed by atoms with Crippen LogP contribution in [0.1, 0.15) is 23.5 Å². The van der Waals surface area contributed by atoms with E-state index in [2.05, 4.69) is 10.3 Å². The van der Waals surface area contributed by atoms with Gasteiger partial charge in [0.05, 0.1) is 17.4 Å². The quantitative estimate of drug-likeness (QED) is 0.452. The van der Waals surface area contributed by atoms with Gasteiger partial charge in [-0.05, 0) is 72.9 Å². The predicted octanol–water partition coefficient (Wildman–Crippen LogP) is 4.89. The highest BCUT2D eigenvalue weighted by molar-refractivity contribution is 7.80. The van der Waals surface area contributed by atoms with Crippen LogP contribution in [0, 0.1) is 5.82 Å². The van der Waals surface area contributed by atoms with Gasteiger partial charge in [0.15, 0.2) is 5.11 Å². The molecule has 1 aliphatic rings. The predicted molar refractivity (Wildman–Crippen MR) is 122 cm³/mol. The Morgan fingerprint density at radius 2 is 1.71 bits per heavy atom. The molecule has 1 fully saturated rings. The summed E-state index contributed by atoms with van der Waals surface area (Å²) in [6, 6.07) is 22.6. The first kappa shape index (κ1) is 19.3. The molecule has 2 aromatic heterocycles. The molecule has 0 radical (unpaired) electrons. The molecule has 0 aliphatic carbocycles. The van der Waals surface area contributed by atoms with E-state index in [1.807, 2.05) is 58.1 Å². The molecule has 1 saturated heterocycles. The van der Waals surface area contributed by atoms with E-state index in [1.165, 1.54) is 6.07 Å². The number of halogens is 1. The minimum atomic E-state index is -0.346. The number of benzene rings is 2. The Bertz CT molecular complexity index is 1230. The SMILES string of the molecule is Oc1ccc(-n2cccc2C2C(c3ccccn3)NC(=S)N2c2ccccc2F)cc1. The van der Waals surface area contributed by atoms with Crippen LogP contribution in [0.25, 0.3) is 5.69 Å². The van der Waals surface area contributed by atoms with Crippen molar-refractivity contribution < 1.29 is 9.50 Å². The number of phenolic OH excluding ortho intramolecular Hbond substituents is 1. The van der Waals surface area contributed by atoms with Gasteiger partial charge < -0.3 is 19.9 Å². The fraction of sp³-hybridized carbons (Fsp3) is 0.0833. The summed E-state index contributed by atoms with van der Waals surface area (Å²) in [5.41, 5.74) is 3.01. The molecule has 154 valence electrons. The second kappa shape index (κ2) is 7.85. The van der Waals surface area contributed by atoms with Crippen LogP contribution in [0.15, 0.2) is 91.3 Å². The highest BCUT2D eigenvalue weighted by Crippen LogP contribution is 2.42. The maximum Gasteiger partial charge on any atom is 0.174 e. The van der Waals surface area contributed by atoms with Gasteiger partial charge in [-0.2, -0.15) is 0 Å². The molecule has 2 atom stereocenters. The van der Waals surface area contributed by atoms with E-state index >= 15 is 0 Å². The van der Waals surface area contributed by atoms with E-state index < -0.39 is 0 Å². The molecule has 5 nitrogen and oxygen atoms in total.